The fourth-order valence-electron chi connectivity index (χ4n) is 3.48. The van der Waals surface area contributed by atoms with Crippen molar-refractivity contribution in [2.45, 2.75) is 31.7 Å². The summed E-state index contributed by atoms with van der Waals surface area (Å²) >= 11 is 0. The van der Waals surface area contributed by atoms with Gasteiger partial charge in [0.05, 0.1) is 17.9 Å². The number of halogens is 2. The predicted octanol–water partition coefficient (Wildman–Crippen LogP) is 3.18. The summed E-state index contributed by atoms with van der Waals surface area (Å²) in [6.45, 7) is 1.69. The van der Waals surface area contributed by atoms with Crippen LogP contribution in [-0.4, -0.2) is 35.0 Å². The van der Waals surface area contributed by atoms with Gasteiger partial charge in [-0.2, -0.15) is 0 Å². The van der Waals surface area contributed by atoms with E-state index in [9.17, 15) is 18.7 Å². The molecular weight excluding hydrogens is 276 g/mol. The minimum absolute atomic E-state index is 0.133. The van der Waals surface area contributed by atoms with Crippen molar-refractivity contribution in [1.29, 1.82) is 0 Å². The Labute approximate surface area is 122 Å². The maximum absolute atomic E-state index is 14.3. The lowest BCUT2D eigenvalue weighted by Gasteiger charge is -2.25. The molecule has 5 heteroatoms. The molecule has 2 aliphatic rings. The van der Waals surface area contributed by atoms with E-state index in [1.807, 2.05) is 37.3 Å². The first-order valence-electron chi connectivity index (χ1n) is 7.27. The Hall–Kier alpha value is -1.49. The van der Waals surface area contributed by atoms with Crippen molar-refractivity contribution >= 4 is 5.97 Å². The highest BCUT2D eigenvalue weighted by molar-refractivity contribution is 5.78. The zero-order valence-electron chi connectivity index (χ0n) is 11.9. The fourth-order valence-corrected chi connectivity index (χ4v) is 3.48. The van der Waals surface area contributed by atoms with Gasteiger partial charge in [0.1, 0.15) is 0 Å². The molecular formula is C16H19F2NO2. The Morgan fingerprint density at radius 1 is 1.33 bits per heavy atom. The van der Waals surface area contributed by atoms with Crippen LogP contribution in [0.25, 0.3) is 0 Å². The van der Waals surface area contributed by atoms with Gasteiger partial charge < -0.3 is 5.11 Å². The fraction of sp³-hybridized carbons (Fsp3) is 0.562. The highest BCUT2D eigenvalue weighted by Gasteiger charge is 2.67. The van der Waals surface area contributed by atoms with Crippen LogP contribution < -0.4 is 0 Å². The minimum Gasteiger partial charge on any atom is -0.481 e. The van der Waals surface area contributed by atoms with Crippen molar-refractivity contribution in [3.8, 4) is 0 Å². The van der Waals surface area contributed by atoms with Crippen LogP contribution in [0.1, 0.15) is 31.4 Å². The zero-order chi connectivity index (χ0) is 15.3. The molecule has 3 nitrogen and oxygen atoms in total. The summed E-state index contributed by atoms with van der Waals surface area (Å²) in [5.74, 6) is -5.08. The minimum atomic E-state index is -2.93. The van der Waals surface area contributed by atoms with Crippen LogP contribution in [0.15, 0.2) is 30.3 Å². The van der Waals surface area contributed by atoms with E-state index in [4.69, 9.17) is 0 Å². The lowest BCUT2D eigenvalue weighted by atomic mass is 9.86. The SMILES string of the molecule is C[C@@H](c1ccccc1)N1C[C@H](C2(C(=O)O)CC2)C(F)(F)C1. The third kappa shape index (κ3) is 2.33. The van der Waals surface area contributed by atoms with Gasteiger partial charge in [0.25, 0.3) is 5.92 Å². The van der Waals surface area contributed by atoms with Gasteiger partial charge in [0, 0.05) is 12.6 Å². The number of hydrogen-bond donors (Lipinski definition) is 1. The summed E-state index contributed by atoms with van der Waals surface area (Å²) in [7, 11) is 0. The first-order chi connectivity index (χ1) is 9.87. The van der Waals surface area contributed by atoms with Crippen LogP contribution in [0.4, 0.5) is 8.78 Å². The number of nitrogens with zero attached hydrogens (tertiary/aromatic N) is 1. The molecule has 2 fully saturated rings. The molecule has 0 spiro atoms. The monoisotopic (exact) mass is 295 g/mol. The number of likely N-dealkylation sites (tertiary alicyclic amines) is 1. The number of carbonyl (C=O) groups is 1. The molecule has 0 aromatic heterocycles. The number of hydrogen-bond acceptors (Lipinski definition) is 2. The van der Waals surface area contributed by atoms with Crippen LogP contribution in [0.5, 0.6) is 0 Å². The molecule has 1 aromatic rings. The lowest BCUT2D eigenvalue weighted by molar-refractivity contribution is -0.151. The van der Waals surface area contributed by atoms with Gasteiger partial charge in [0.2, 0.25) is 0 Å². The van der Waals surface area contributed by atoms with Gasteiger partial charge in [-0.3, -0.25) is 9.69 Å². The van der Waals surface area contributed by atoms with Crippen molar-refractivity contribution in [3.63, 3.8) is 0 Å². The van der Waals surface area contributed by atoms with Gasteiger partial charge in [-0.25, -0.2) is 8.78 Å². The molecule has 1 heterocycles. The van der Waals surface area contributed by atoms with Gasteiger partial charge in [0.15, 0.2) is 0 Å². The largest absolute Gasteiger partial charge is 0.481 e. The molecule has 0 radical (unpaired) electrons. The molecule has 2 atom stereocenters. The topological polar surface area (TPSA) is 40.5 Å². The Morgan fingerprint density at radius 2 is 1.95 bits per heavy atom. The van der Waals surface area contributed by atoms with E-state index in [0.29, 0.717) is 12.8 Å². The first-order valence-corrected chi connectivity index (χ1v) is 7.27. The molecule has 1 aliphatic heterocycles. The Balaban J connectivity index is 1.81. The average molecular weight is 295 g/mol. The summed E-state index contributed by atoms with van der Waals surface area (Å²) in [6, 6.07) is 9.36. The van der Waals surface area contributed by atoms with Crippen LogP contribution >= 0.6 is 0 Å². The van der Waals surface area contributed by atoms with Gasteiger partial charge in [-0.05, 0) is 25.3 Å². The first kappa shape index (κ1) is 14.4. The highest BCUT2D eigenvalue weighted by atomic mass is 19.3. The molecule has 0 bridgehead atoms. The standard InChI is InChI=1S/C16H19F2NO2/c1-11(12-5-3-2-4-6-12)19-9-13(16(17,18)10-19)15(7-8-15)14(20)21/h2-6,11,13H,7-10H2,1H3,(H,20,21)/t11-,13+/m0/s1. The predicted molar refractivity (Wildman–Crippen MR) is 74.2 cm³/mol. The molecule has 0 unspecified atom stereocenters. The van der Waals surface area contributed by atoms with E-state index >= 15 is 0 Å². The normalized spacial score (nSPS) is 28.2. The molecule has 1 N–H and O–H groups in total. The molecule has 1 saturated carbocycles. The maximum Gasteiger partial charge on any atom is 0.310 e. The second-order valence-electron chi connectivity index (χ2n) is 6.29. The van der Waals surface area contributed by atoms with Crippen molar-refractivity contribution in [2.24, 2.45) is 11.3 Å². The summed E-state index contributed by atoms with van der Waals surface area (Å²) in [6.07, 6.45) is 0.742. The molecule has 3 rings (SSSR count). The summed E-state index contributed by atoms with van der Waals surface area (Å²) in [4.78, 5) is 13.1. The molecule has 1 saturated heterocycles. The smallest absolute Gasteiger partial charge is 0.310 e. The summed E-state index contributed by atoms with van der Waals surface area (Å²) in [5.41, 5.74) is -0.219. The van der Waals surface area contributed by atoms with E-state index in [1.165, 1.54) is 0 Å². The van der Waals surface area contributed by atoms with Crippen LogP contribution in [0.3, 0.4) is 0 Å². The van der Waals surface area contributed by atoms with Crippen LogP contribution in [0, 0.1) is 11.3 Å². The van der Waals surface area contributed by atoms with Crippen molar-refractivity contribution in [1.82, 2.24) is 4.90 Å². The lowest BCUT2D eigenvalue weighted by Crippen LogP contribution is -2.38. The number of aliphatic carboxylic acids is 1. The van der Waals surface area contributed by atoms with Crippen molar-refractivity contribution in [2.75, 3.05) is 13.1 Å². The number of rotatable bonds is 4. The van der Waals surface area contributed by atoms with E-state index in [-0.39, 0.29) is 19.1 Å². The Kier molecular flexibility index (Phi) is 3.28. The number of carboxylic acids is 1. The van der Waals surface area contributed by atoms with E-state index < -0.39 is 23.2 Å². The molecule has 1 aliphatic carbocycles. The second kappa shape index (κ2) is 4.77. The Bertz CT molecular complexity index is 542. The molecule has 21 heavy (non-hydrogen) atoms. The van der Waals surface area contributed by atoms with Crippen molar-refractivity contribution < 1.29 is 18.7 Å². The molecule has 114 valence electrons. The third-order valence-corrected chi connectivity index (χ3v) is 5.05. The van der Waals surface area contributed by atoms with E-state index in [1.54, 1.807) is 4.90 Å². The van der Waals surface area contributed by atoms with Crippen LogP contribution in [-0.2, 0) is 4.79 Å². The number of alkyl halides is 2. The van der Waals surface area contributed by atoms with E-state index in [0.717, 1.165) is 5.56 Å². The molecule has 1 aromatic carbocycles. The Morgan fingerprint density at radius 3 is 2.48 bits per heavy atom. The maximum atomic E-state index is 14.3. The third-order valence-electron chi connectivity index (χ3n) is 5.05. The zero-order valence-corrected chi connectivity index (χ0v) is 11.9. The summed E-state index contributed by atoms with van der Waals surface area (Å²) < 4.78 is 28.7. The van der Waals surface area contributed by atoms with Gasteiger partial charge in [-0.1, -0.05) is 30.3 Å². The van der Waals surface area contributed by atoms with Crippen LogP contribution in [0.2, 0.25) is 0 Å². The number of carboxylic acid groups (broad SMARTS) is 1. The van der Waals surface area contributed by atoms with Crippen molar-refractivity contribution in [3.05, 3.63) is 35.9 Å². The molecule has 0 amide bonds. The van der Waals surface area contributed by atoms with Gasteiger partial charge in [-0.15, -0.1) is 0 Å². The van der Waals surface area contributed by atoms with E-state index in [2.05, 4.69) is 0 Å². The second-order valence-corrected chi connectivity index (χ2v) is 6.29. The summed E-state index contributed by atoms with van der Waals surface area (Å²) in [5, 5.41) is 9.29. The number of benzene rings is 1. The van der Waals surface area contributed by atoms with Gasteiger partial charge >= 0.3 is 5.97 Å². The highest BCUT2D eigenvalue weighted by Crippen LogP contribution is 2.59. The average Bonchev–Trinajstić information content (AvgIpc) is 3.19. The quantitative estimate of drug-likeness (QED) is 0.927.